The van der Waals surface area contributed by atoms with E-state index in [2.05, 4.69) is 11.9 Å². The highest BCUT2D eigenvalue weighted by Crippen LogP contribution is 2.24. The van der Waals surface area contributed by atoms with Gasteiger partial charge in [-0.2, -0.15) is 0 Å². The van der Waals surface area contributed by atoms with Gasteiger partial charge < -0.3 is 5.84 Å². The van der Waals surface area contributed by atoms with Crippen LogP contribution in [0.5, 0.6) is 0 Å². The van der Waals surface area contributed by atoms with E-state index >= 15 is 0 Å². The number of allylic oxidation sites excluding steroid dienone is 1. The molecule has 0 bridgehead atoms. The summed E-state index contributed by atoms with van der Waals surface area (Å²) in [6.45, 7) is 3.68. The van der Waals surface area contributed by atoms with E-state index in [0.717, 1.165) is 35.2 Å². The molecule has 2 aromatic rings. The smallest absolute Gasteiger partial charge is 0.155 e. The second-order valence-corrected chi connectivity index (χ2v) is 4.77. The van der Waals surface area contributed by atoms with Gasteiger partial charge in [-0.15, -0.1) is 0 Å². The average molecular weight is 269 g/mol. The molecular formula is C16H19N3O. The number of nitrogens with zero attached hydrogens (tertiary/aromatic N) is 2. The van der Waals surface area contributed by atoms with Crippen LogP contribution in [0, 0.1) is 0 Å². The molecule has 2 N–H and O–H groups in total. The standard InChI is InChI=1S/C16H19N3O/c1-3-6-13(12(2)20)9-14-7-4-5-8-15(14)16-10-19(17)11-18-16/h4-5,7-11H,3,6,17H2,1-2H3/b13-9+. The Morgan fingerprint density at radius 3 is 2.75 bits per heavy atom. The van der Waals surface area contributed by atoms with Gasteiger partial charge >= 0.3 is 0 Å². The van der Waals surface area contributed by atoms with Crippen molar-refractivity contribution in [2.24, 2.45) is 0 Å². The van der Waals surface area contributed by atoms with Crippen molar-refractivity contribution >= 4 is 11.9 Å². The van der Waals surface area contributed by atoms with Gasteiger partial charge in [-0.05, 0) is 30.6 Å². The molecule has 1 aromatic carbocycles. The molecule has 1 heterocycles. The number of Topliss-reactive ketones (excluding diaryl/α,β-unsaturated/α-hetero) is 1. The van der Waals surface area contributed by atoms with Gasteiger partial charge in [-0.25, -0.2) is 4.98 Å². The Bertz CT molecular complexity index is 641. The Kier molecular flexibility index (Phi) is 4.35. The van der Waals surface area contributed by atoms with Crippen LogP contribution in [0.3, 0.4) is 0 Å². The number of carbonyl (C=O) groups excluding carboxylic acids is 1. The zero-order valence-corrected chi connectivity index (χ0v) is 11.8. The second-order valence-electron chi connectivity index (χ2n) is 4.77. The Hall–Kier alpha value is -2.36. The van der Waals surface area contributed by atoms with Crippen molar-refractivity contribution in [1.82, 2.24) is 9.66 Å². The fourth-order valence-corrected chi connectivity index (χ4v) is 2.14. The zero-order chi connectivity index (χ0) is 14.5. The first-order valence-electron chi connectivity index (χ1n) is 6.71. The second kappa shape index (κ2) is 6.19. The fraction of sp³-hybridized carbons (Fsp3) is 0.250. The molecule has 1 aromatic heterocycles. The van der Waals surface area contributed by atoms with E-state index in [-0.39, 0.29) is 5.78 Å². The number of rotatable bonds is 5. The zero-order valence-electron chi connectivity index (χ0n) is 11.8. The van der Waals surface area contributed by atoms with Crippen molar-refractivity contribution in [3.63, 3.8) is 0 Å². The first-order chi connectivity index (χ1) is 9.61. The SMILES string of the molecule is CCC/C(=C\c1ccccc1-c1cn(N)cn1)C(C)=O. The van der Waals surface area contributed by atoms with Gasteiger partial charge in [-0.1, -0.05) is 37.6 Å². The van der Waals surface area contributed by atoms with Crippen LogP contribution in [0.4, 0.5) is 0 Å². The van der Waals surface area contributed by atoms with Gasteiger partial charge in [0.15, 0.2) is 5.78 Å². The highest BCUT2D eigenvalue weighted by atomic mass is 16.1. The van der Waals surface area contributed by atoms with Crippen LogP contribution in [-0.4, -0.2) is 15.4 Å². The molecule has 0 aliphatic carbocycles. The number of aromatic nitrogens is 2. The predicted octanol–water partition coefficient (Wildman–Crippen LogP) is 3.04. The molecule has 0 spiro atoms. The Labute approximate surface area is 118 Å². The highest BCUT2D eigenvalue weighted by Gasteiger charge is 2.08. The van der Waals surface area contributed by atoms with E-state index in [9.17, 15) is 4.79 Å². The molecule has 0 saturated heterocycles. The van der Waals surface area contributed by atoms with Gasteiger partial charge in [0.1, 0.15) is 6.33 Å². The van der Waals surface area contributed by atoms with Gasteiger partial charge in [0.2, 0.25) is 0 Å². The monoisotopic (exact) mass is 269 g/mol. The van der Waals surface area contributed by atoms with Gasteiger partial charge in [0.05, 0.1) is 11.9 Å². The molecule has 0 unspecified atom stereocenters. The van der Waals surface area contributed by atoms with E-state index in [1.54, 1.807) is 19.4 Å². The third kappa shape index (κ3) is 3.15. The van der Waals surface area contributed by atoms with Crippen LogP contribution in [-0.2, 0) is 4.79 Å². The summed E-state index contributed by atoms with van der Waals surface area (Å²) < 4.78 is 1.42. The molecule has 0 aliphatic heterocycles. The lowest BCUT2D eigenvalue weighted by atomic mass is 9.99. The van der Waals surface area contributed by atoms with Crippen LogP contribution >= 0.6 is 0 Å². The van der Waals surface area contributed by atoms with Gasteiger partial charge in [0, 0.05) is 5.56 Å². The van der Waals surface area contributed by atoms with Crippen molar-refractivity contribution in [2.45, 2.75) is 26.7 Å². The number of hydrogen-bond acceptors (Lipinski definition) is 3. The van der Waals surface area contributed by atoms with E-state index < -0.39 is 0 Å². The van der Waals surface area contributed by atoms with Crippen molar-refractivity contribution in [3.8, 4) is 11.3 Å². The topological polar surface area (TPSA) is 60.9 Å². The summed E-state index contributed by atoms with van der Waals surface area (Å²) in [6, 6.07) is 7.88. The van der Waals surface area contributed by atoms with Crippen LogP contribution < -0.4 is 5.84 Å². The first-order valence-corrected chi connectivity index (χ1v) is 6.71. The number of carbonyl (C=O) groups is 1. The minimum Gasteiger partial charge on any atom is -0.338 e. The molecule has 0 atom stereocenters. The van der Waals surface area contributed by atoms with Crippen molar-refractivity contribution in [3.05, 3.63) is 47.9 Å². The molecule has 104 valence electrons. The molecule has 0 aliphatic rings. The number of nitrogen functional groups attached to an aromatic ring is 1. The molecule has 4 nitrogen and oxygen atoms in total. The molecule has 0 fully saturated rings. The van der Waals surface area contributed by atoms with Crippen LogP contribution in [0.15, 0.2) is 42.4 Å². The average Bonchev–Trinajstić information content (AvgIpc) is 2.85. The van der Waals surface area contributed by atoms with Crippen molar-refractivity contribution in [2.75, 3.05) is 5.84 Å². The summed E-state index contributed by atoms with van der Waals surface area (Å²) in [5, 5.41) is 0. The lowest BCUT2D eigenvalue weighted by Gasteiger charge is -2.06. The lowest BCUT2D eigenvalue weighted by Crippen LogP contribution is -2.02. The van der Waals surface area contributed by atoms with Crippen LogP contribution in [0.1, 0.15) is 32.3 Å². The number of nitrogens with two attached hydrogens (primary N) is 1. The fourth-order valence-electron chi connectivity index (χ4n) is 2.14. The summed E-state index contributed by atoms with van der Waals surface area (Å²) in [5.41, 5.74) is 3.61. The summed E-state index contributed by atoms with van der Waals surface area (Å²) in [7, 11) is 0. The summed E-state index contributed by atoms with van der Waals surface area (Å²) in [4.78, 5) is 16.0. The third-order valence-electron chi connectivity index (χ3n) is 3.14. The minimum absolute atomic E-state index is 0.117. The molecule has 0 saturated carbocycles. The number of ketones is 1. The maximum absolute atomic E-state index is 11.7. The number of imidazole rings is 1. The van der Waals surface area contributed by atoms with Crippen LogP contribution in [0.25, 0.3) is 17.3 Å². The maximum atomic E-state index is 11.7. The molecule has 4 heteroatoms. The molecule has 20 heavy (non-hydrogen) atoms. The molecule has 0 amide bonds. The Morgan fingerprint density at radius 2 is 2.15 bits per heavy atom. The maximum Gasteiger partial charge on any atom is 0.155 e. The summed E-state index contributed by atoms with van der Waals surface area (Å²) >= 11 is 0. The quantitative estimate of drug-likeness (QED) is 0.670. The Balaban J connectivity index is 2.47. The Morgan fingerprint density at radius 1 is 1.40 bits per heavy atom. The van der Waals surface area contributed by atoms with Gasteiger partial charge in [-0.3, -0.25) is 9.47 Å². The predicted molar refractivity (Wildman–Crippen MR) is 81.4 cm³/mol. The first kappa shape index (κ1) is 14.1. The third-order valence-corrected chi connectivity index (χ3v) is 3.14. The highest BCUT2D eigenvalue weighted by molar-refractivity contribution is 5.98. The largest absolute Gasteiger partial charge is 0.338 e. The number of benzene rings is 1. The number of hydrogen-bond donors (Lipinski definition) is 1. The van der Waals surface area contributed by atoms with Crippen LogP contribution in [0.2, 0.25) is 0 Å². The lowest BCUT2D eigenvalue weighted by molar-refractivity contribution is -0.113. The van der Waals surface area contributed by atoms with E-state index in [1.165, 1.54) is 4.68 Å². The van der Waals surface area contributed by atoms with Gasteiger partial charge in [0.25, 0.3) is 0 Å². The van der Waals surface area contributed by atoms with E-state index in [1.807, 2.05) is 30.3 Å². The van der Waals surface area contributed by atoms with E-state index in [4.69, 9.17) is 5.84 Å². The normalized spacial score (nSPS) is 11.6. The van der Waals surface area contributed by atoms with Crippen molar-refractivity contribution < 1.29 is 4.79 Å². The summed E-state index contributed by atoms with van der Waals surface area (Å²) in [5.74, 6) is 5.76. The van der Waals surface area contributed by atoms with E-state index in [0.29, 0.717) is 0 Å². The van der Waals surface area contributed by atoms with Crippen molar-refractivity contribution in [1.29, 1.82) is 0 Å². The summed E-state index contributed by atoms with van der Waals surface area (Å²) in [6.07, 6.45) is 7.02. The molecule has 0 radical (unpaired) electrons. The minimum atomic E-state index is 0.117. The molecule has 2 rings (SSSR count). The molecular weight excluding hydrogens is 250 g/mol.